The van der Waals surface area contributed by atoms with E-state index < -0.39 is 18.0 Å². The monoisotopic (exact) mass is 266 g/mol. The Morgan fingerprint density at radius 1 is 1.26 bits per heavy atom. The fourth-order valence-electron chi connectivity index (χ4n) is 1.55. The van der Waals surface area contributed by atoms with E-state index in [1.165, 1.54) is 6.92 Å². The lowest BCUT2D eigenvalue weighted by atomic mass is 10.2. The fraction of sp³-hybridized carbons (Fsp3) is 0.333. The first-order valence-electron chi connectivity index (χ1n) is 5.76. The van der Waals surface area contributed by atoms with Crippen LogP contribution in [-0.4, -0.2) is 36.4 Å². The number of hydrogen-bond acceptors (Lipinski definition) is 4. The molecule has 19 heavy (non-hydrogen) atoms. The fourth-order valence-corrected chi connectivity index (χ4v) is 1.55. The number of benzene rings is 1. The first kappa shape index (κ1) is 13.0. The predicted molar refractivity (Wildman–Crippen MR) is 66.7 cm³/mol. The zero-order valence-electron chi connectivity index (χ0n) is 10.3. The summed E-state index contributed by atoms with van der Waals surface area (Å²) in [6.45, 7) is 2.33. The molecule has 2 rings (SSSR count). The second kappa shape index (κ2) is 5.47. The Morgan fingerprint density at radius 2 is 1.95 bits per heavy atom. The normalized spacial score (nSPS) is 14.4. The van der Waals surface area contributed by atoms with Gasteiger partial charge in [-0.05, 0) is 19.1 Å². The van der Waals surface area contributed by atoms with Crippen molar-refractivity contribution in [3.63, 3.8) is 0 Å². The van der Waals surface area contributed by atoms with Crippen LogP contribution < -0.4 is 20.1 Å². The van der Waals surface area contributed by atoms with Gasteiger partial charge in [0, 0.05) is 11.8 Å². The molecule has 102 valence electrons. The van der Waals surface area contributed by atoms with E-state index in [9.17, 15) is 9.59 Å². The Hall–Kier alpha value is -2.44. The van der Waals surface area contributed by atoms with Gasteiger partial charge in [0.25, 0.3) is 0 Å². The van der Waals surface area contributed by atoms with Gasteiger partial charge in [0.1, 0.15) is 19.3 Å². The average Bonchev–Trinajstić information content (AvgIpc) is 2.38. The van der Waals surface area contributed by atoms with Crippen LogP contribution in [0.5, 0.6) is 11.5 Å². The number of ether oxygens (including phenoxy) is 2. The van der Waals surface area contributed by atoms with Crippen molar-refractivity contribution >= 4 is 17.7 Å². The summed E-state index contributed by atoms with van der Waals surface area (Å²) in [5.41, 5.74) is 0.499. The molecule has 3 N–H and O–H groups in total. The Labute approximate surface area is 109 Å². The van der Waals surface area contributed by atoms with Crippen LogP contribution in [0.3, 0.4) is 0 Å². The molecule has 0 fully saturated rings. The van der Waals surface area contributed by atoms with Crippen molar-refractivity contribution in [2.24, 2.45) is 0 Å². The third-order valence-corrected chi connectivity index (χ3v) is 2.52. The van der Waals surface area contributed by atoms with Gasteiger partial charge in [0.05, 0.1) is 0 Å². The highest BCUT2D eigenvalue weighted by Gasteiger charge is 2.15. The quantitative estimate of drug-likeness (QED) is 0.759. The average molecular weight is 266 g/mol. The van der Waals surface area contributed by atoms with Crippen molar-refractivity contribution in [3.05, 3.63) is 18.2 Å². The van der Waals surface area contributed by atoms with Crippen LogP contribution in [0.4, 0.5) is 10.5 Å². The van der Waals surface area contributed by atoms with Crippen LogP contribution in [0, 0.1) is 0 Å². The molecule has 0 aliphatic carbocycles. The second-order valence-electron chi connectivity index (χ2n) is 4.02. The minimum absolute atomic E-state index is 0.457. The third kappa shape index (κ3) is 3.27. The number of rotatable bonds is 3. The van der Waals surface area contributed by atoms with E-state index >= 15 is 0 Å². The number of anilines is 1. The van der Waals surface area contributed by atoms with Crippen molar-refractivity contribution in [2.75, 3.05) is 18.5 Å². The lowest BCUT2D eigenvalue weighted by Crippen LogP contribution is -2.40. The van der Waals surface area contributed by atoms with Crippen molar-refractivity contribution in [1.82, 2.24) is 5.32 Å². The van der Waals surface area contributed by atoms with Crippen LogP contribution in [0.25, 0.3) is 0 Å². The van der Waals surface area contributed by atoms with Crippen molar-refractivity contribution in [3.8, 4) is 11.5 Å². The minimum atomic E-state index is -1.10. The summed E-state index contributed by atoms with van der Waals surface area (Å²) in [7, 11) is 0. The molecule has 1 aromatic carbocycles. The van der Waals surface area contributed by atoms with Gasteiger partial charge < -0.3 is 25.2 Å². The van der Waals surface area contributed by atoms with E-state index in [1.54, 1.807) is 18.2 Å². The van der Waals surface area contributed by atoms with Crippen LogP contribution in [0.15, 0.2) is 18.2 Å². The summed E-state index contributed by atoms with van der Waals surface area (Å²) < 4.78 is 10.7. The van der Waals surface area contributed by atoms with Crippen LogP contribution >= 0.6 is 0 Å². The summed E-state index contributed by atoms with van der Waals surface area (Å²) in [5.74, 6) is 0.0729. The molecule has 0 spiro atoms. The van der Waals surface area contributed by atoms with Crippen molar-refractivity contribution in [2.45, 2.75) is 13.0 Å². The number of fused-ring (bicyclic) bond motifs is 1. The van der Waals surface area contributed by atoms with Gasteiger partial charge in [-0.15, -0.1) is 0 Å². The number of nitrogens with one attached hydrogen (secondary N) is 2. The number of hydrogen-bond donors (Lipinski definition) is 3. The molecule has 1 atom stereocenters. The standard InChI is InChI=1S/C12H14N2O5/c1-7(11(15)16)13-12(17)14-8-2-3-9-10(6-8)19-5-4-18-9/h2-3,6-7H,4-5H2,1H3,(H,15,16)(H2,13,14,17)/t7-/m1/s1. The number of aliphatic carboxylic acids is 1. The van der Waals surface area contributed by atoms with E-state index in [-0.39, 0.29) is 0 Å². The molecular weight excluding hydrogens is 252 g/mol. The molecule has 2 amide bonds. The first-order chi connectivity index (χ1) is 9.06. The van der Waals surface area contributed by atoms with E-state index in [0.29, 0.717) is 30.4 Å². The van der Waals surface area contributed by atoms with Gasteiger partial charge in [0.2, 0.25) is 0 Å². The summed E-state index contributed by atoms with van der Waals surface area (Å²) >= 11 is 0. The highest BCUT2D eigenvalue weighted by molar-refractivity contribution is 5.92. The molecule has 0 aromatic heterocycles. The highest BCUT2D eigenvalue weighted by Crippen LogP contribution is 2.32. The molecule has 1 aliphatic rings. The Morgan fingerprint density at radius 3 is 2.63 bits per heavy atom. The molecule has 1 aliphatic heterocycles. The number of carboxylic acid groups (broad SMARTS) is 1. The Balaban J connectivity index is 1.99. The zero-order chi connectivity index (χ0) is 13.8. The topological polar surface area (TPSA) is 96.9 Å². The lowest BCUT2D eigenvalue weighted by Gasteiger charge is -2.19. The van der Waals surface area contributed by atoms with E-state index in [1.807, 2.05) is 0 Å². The smallest absolute Gasteiger partial charge is 0.325 e. The molecule has 0 bridgehead atoms. The van der Waals surface area contributed by atoms with Crippen molar-refractivity contribution < 1.29 is 24.2 Å². The van der Waals surface area contributed by atoms with E-state index in [2.05, 4.69) is 10.6 Å². The maximum atomic E-state index is 11.5. The number of amides is 2. The first-order valence-corrected chi connectivity index (χ1v) is 5.76. The largest absolute Gasteiger partial charge is 0.486 e. The summed E-state index contributed by atoms with van der Waals surface area (Å²) in [6, 6.07) is 3.41. The van der Waals surface area contributed by atoms with Crippen LogP contribution in [0.2, 0.25) is 0 Å². The van der Waals surface area contributed by atoms with Gasteiger partial charge >= 0.3 is 12.0 Å². The molecule has 1 aromatic rings. The Bertz CT molecular complexity index is 503. The molecule has 1 heterocycles. The van der Waals surface area contributed by atoms with Crippen molar-refractivity contribution in [1.29, 1.82) is 0 Å². The van der Waals surface area contributed by atoms with Crippen LogP contribution in [-0.2, 0) is 4.79 Å². The SMILES string of the molecule is C[C@@H](NC(=O)Nc1ccc2c(c1)OCCO2)C(=O)O. The second-order valence-corrected chi connectivity index (χ2v) is 4.02. The summed E-state index contributed by atoms with van der Waals surface area (Å²) in [5, 5.41) is 13.5. The van der Waals surface area contributed by atoms with E-state index in [4.69, 9.17) is 14.6 Å². The summed E-state index contributed by atoms with van der Waals surface area (Å²) in [4.78, 5) is 22.1. The zero-order valence-corrected chi connectivity index (χ0v) is 10.3. The van der Waals surface area contributed by atoms with E-state index in [0.717, 1.165) is 0 Å². The van der Waals surface area contributed by atoms with Gasteiger partial charge in [0.15, 0.2) is 11.5 Å². The van der Waals surface area contributed by atoms with Crippen LogP contribution in [0.1, 0.15) is 6.92 Å². The van der Waals surface area contributed by atoms with Gasteiger partial charge in [-0.3, -0.25) is 4.79 Å². The highest BCUT2D eigenvalue weighted by atomic mass is 16.6. The molecule has 7 nitrogen and oxygen atoms in total. The maximum Gasteiger partial charge on any atom is 0.325 e. The molecule has 0 saturated carbocycles. The van der Waals surface area contributed by atoms with Gasteiger partial charge in [-0.2, -0.15) is 0 Å². The minimum Gasteiger partial charge on any atom is -0.486 e. The predicted octanol–water partition coefficient (Wildman–Crippen LogP) is 1.05. The number of carbonyl (C=O) groups is 2. The molecule has 0 saturated heterocycles. The number of carboxylic acids is 1. The molecule has 0 unspecified atom stereocenters. The van der Waals surface area contributed by atoms with Gasteiger partial charge in [-0.1, -0.05) is 0 Å². The lowest BCUT2D eigenvalue weighted by molar-refractivity contribution is -0.138. The molecular formula is C12H14N2O5. The maximum absolute atomic E-state index is 11.5. The van der Waals surface area contributed by atoms with Gasteiger partial charge in [-0.25, -0.2) is 4.79 Å². The Kier molecular flexibility index (Phi) is 3.74. The summed E-state index contributed by atoms with van der Waals surface area (Å²) in [6.07, 6.45) is 0. The molecule has 7 heteroatoms. The third-order valence-electron chi connectivity index (χ3n) is 2.52. The number of urea groups is 1. The molecule has 0 radical (unpaired) electrons. The number of carbonyl (C=O) groups excluding carboxylic acids is 1.